The van der Waals surface area contributed by atoms with Gasteiger partial charge in [-0.25, -0.2) is 4.68 Å². The summed E-state index contributed by atoms with van der Waals surface area (Å²) in [4.78, 5) is 0. The number of ether oxygens (including phenoxy) is 1. The SMILES string of the molecule is COCCNCc1nnnn1C(C)CC(F)(F)F. The molecule has 0 bridgehead atoms. The molecule has 1 aromatic rings. The van der Waals surface area contributed by atoms with Gasteiger partial charge >= 0.3 is 6.18 Å². The van der Waals surface area contributed by atoms with Gasteiger partial charge in [0.2, 0.25) is 0 Å². The van der Waals surface area contributed by atoms with Crippen LogP contribution in [-0.4, -0.2) is 46.6 Å². The quantitative estimate of drug-likeness (QED) is 0.744. The smallest absolute Gasteiger partial charge is 0.383 e. The summed E-state index contributed by atoms with van der Waals surface area (Å²) in [5.74, 6) is 0.378. The first-order valence-electron chi connectivity index (χ1n) is 5.47. The van der Waals surface area contributed by atoms with Crippen molar-refractivity contribution in [3.63, 3.8) is 0 Å². The number of nitrogens with zero attached hydrogens (tertiary/aromatic N) is 4. The third kappa shape index (κ3) is 4.96. The van der Waals surface area contributed by atoms with E-state index in [0.29, 0.717) is 25.5 Å². The first kappa shape index (κ1) is 14.8. The summed E-state index contributed by atoms with van der Waals surface area (Å²) < 4.78 is 42.8. The number of rotatable bonds is 7. The Hall–Kier alpha value is -1.22. The summed E-state index contributed by atoms with van der Waals surface area (Å²) in [5, 5.41) is 13.7. The Kier molecular flexibility index (Phi) is 5.48. The summed E-state index contributed by atoms with van der Waals surface area (Å²) in [7, 11) is 1.57. The number of hydrogen-bond acceptors (Lipinski definition) is 5. The van der Waals surface area contributed by atoms with E-state index < -0.39 is 18.6 Å². The molecule has 1 atom stereocenters. The largest absolute Gasteiger partial charge is 0.391 e. The zero-order chi connectivity index (χ0) is 13.6. The monoisotopic (exact) mass is 267 g/mol. The third-order valence-corrected chi connectivity index (χ3v) is 2.27. The number of tetrazole rings is 1. The van der Waals surface area contributed by atoms with E-state index in [1.54, 1.807) is 7.11 Å². The van der Waals surface area contributed by atoms with Crippen molar-refractivity contribution < 1.29 is 17.9 Å². The molecule has 0 aliphatic carbocycles. The molecule has 0 radical (unpaired) electrons. The van der Waals surface area contributed by atoms with Gasteiger partial charge < -0.3 is 10.1 Å². The second-order valence-corrected chi connectivity index (χ2v) is 3.88. The Balaban J connectivity index is 2.53. The van der Waals surface area contributed by atoms with Crippen molar-refractivity contribution in [1.82, 2.24) is 25.5 Å². The van der Waals surface area contributed by atoms with E-state index in [1.165, 1.54) is 11.6 Å². The summed E-state index contributed by atoms with van der Waals surface area (Å²) in [6.45, 7) is 2.83. The number of halogens is 3. The van der Waals surface area contributed by atoms with Gasteiger partial charge in [-0.05, 0) is 17.4 Å². The molecule has 1 N–H and O–H groups in total. The Morgan fingerprint density at radius 2 is 2.17 bits per heavy atom. The summed E-state index contributed by atoms with van der Waals surface area (Å²) in [6.07, 6.45) is -5.19. The van der Waals surface area contributed by atoms with Crippen LogP contribution in [0.5, 0.6) is 0 Å². The second kappa shape index (κ2) is 6.64. The lowest BCUT2D eigenvalue weighted by molar-refractivity contribution is -0.142. The predicted octanol–water partition coefficient (Wildman–Crippen LogP) is 0.922. The van der Waals surface area contributed by atoms with Gasteiger partial charge in [0.25, 0.3) is 0 Å². The Morgan fingerprint density at radius 1 is 1.44 bits per heavy atom. The predicted molar refractivity (Wildman–Crippen MR) is 56.8 cm³/mol. The first-order valence-corrected chi connectivity index (χ1v) is 5.47. The van der Waals surface area contributed by atoms with Crippen LogP contribution in [0.25, 0.3) is 0 Å². The highest BCUT2D eigenvalue weighted by Gasteiger charge is 2.32. The second-order valence-electron chi connectivity index (χ2n) is 3.88. The first-order chi connectivity index (χ1) is 8.44. The topological polar surface area (TPSA) is 64.9 Å². The number of nitrogens with one attached hydrogen (secondary N) is 1. The van der Waals surface area contributed by atoms with Gasteiger partial charge in [0, 0.05) is 13.7 Å². The van der Waals surface area contributed by atoms with Crippen molar-refractivity contribution >= 4 is 0 Å². The van der Waals surface area contributed by atoms with Crippen molar-refractivity contribution in [3.8, 4) is 0 Å². The fraction of sp³-hybridized carbons (Fsp3) is 0.889. The number of alkyl halides is 3. The Labute approximate surface area is 102 Å². The lowest BCUT2D eigenvalue weighted by Crippen LogP contribution is -2.24. The lowest BCUT2D eigenvalue weighted by Gasteiger charge is -2.15. The van der Waals surface area contributed by atoms with Crippen LogP contribution < -0.4 is 5.32 Å². The molecule has 0 aromatic carbocycles. The maximum atomic E-state index is 12.3. The van der Waals surface area contributed by atoms with Crippen LogP contribution in [0.3, 0.4) is 0 Å². The molecule has 1 rings (SSSR count). The molecule has 1 unspecified atom stereocenters. The fourth-order valence-corrected chi connectivity index (χ4v) is 1.47. The van der Waals surface area contributed by atoms with E-state index in [2.05, 4.69) is 20.8 Å². The molecule has 104 valence electrons. The third-order valence-electron chi connectivity index (χ3n) is 2.27. The molecule has 0 saturated carbocycles. The lowest BCUT2D eigenvalue weighted by atomic mass is 10.2. The zero-order valence-electron chi connectivity index (χ0n) is 10.2. The normalized spacial score (nSPS) is 13.8. The highest BCUT2D eigenvalue weighted by atomic mass is 19.4. The molecule has 1 heterocycles. The van der Waals surface area contributed by atoms with Crippen LogP contribution in [0.15, 0.2) is 0 Å². The van der Waals surface area contributed by atoms with Gasteiger partial charge in [0.1, 0.15) is 0 Å². The molecular weight excluding hydrogens is 251 g/mol. The van der Waals surface area contributed by atoms with Gasteiger partial charge in [0.05, 0.1) is 25.6 Å². The molecule has 6 nitrogen and oxygen atoms in total. The van der Waals surface area contributed by atoms with Crippen molar-refractivity contribution in [1.29, 1.82) is 0 Å². The molecule has 0 aliphatic rings. The van der Waals surface area contributed by atoms with Crippen LogP contribution in [-0.2, 0) is 11.3 Å². The number of hydrogen-bond donors (Lipinski definition) is 1. The van der Waals surface area contributed by atoms with Crippen molar-refractivity contribution in [2.45, 2.75) is 32.1 Å². The van der Waals surface area contributed by atoms with Crippen LogP contribution in [0.1, 0.15) is 25.2 Å². The van der Waals surface area contributed by atoms with E-state index in [0.717, 1.165) is 0 Å². The highest BCUT2D eigenvalue weighted by Crippen LogP contribution is 2.27. The maximum absolute atomic E-state index is 12.3. The zero-order valence-corrected chi connectivity index (χ0v) is 10.2. The fourth-order valence-electron chi connectivity index (χ4n) is 1.47. The van der Waals surface area contributed by atoms with Crippen LogP contribution >= 0.6 is 0 Å². The van der Waals surface area contributed by atoms with Gasteiger partial charge in [-0.2, -0.15) is 13.2 Å². The molecule has 0 fully saturated rings. The van der Waals surface area contributed by atoms with E-state index >= 15 is 0 Å². The van der Waals surface area contributed by atoms with E-state index in [4.69, 9.17) is 4.74 Å². The van der Waals surface area contributed by atoms with Crippen LogP contribution in [0.4, 0.5) is 13.2 Å². The number of aromatic nitrogens is 4. The summed E-state index contributed by atoms with van der Waals surface area (Å²) >= 11 is 0. The molecule has 0 spiro atoms. The minimum absolute atomic E-state index is 0.304. The average Bonchev–Trinajstić information content (AvgIpc) is 2.70. The van der Waals surface area contributed by atoms with E-state index in [9.17, 15) is 13.2 Å². The van der Waals surface area contributed by atoms with Crippen LogP contribution in [0.2, 0.25) is 0 Å². The molecule has 0 amide bonds. The minimum Gasteiger partial charge on any atom is -0.383 e. The van der Waals surface area contributed by atoms with E-state index in [1.807, 2.05) is 0 Å². The maximum Gasteiger partial charge on any atom is 0.391 e. The molecule has 18 heavy (non-hydrogen) atoms. The Morgan fingerprint density at radius 3 is 2.78 bits per heavy atom. The molecule has 1 aromatic heterocycles. The number of methoxy groups -OCH3 is 1. The molecule has 9 heteroatoms. The van der Waals surface area contributed by atoms with Gasteiger partial charge in [-0.3, -0.25) is 0 Å². The van der Waals surface area contributed by atoms with Crippen molar-refractivity contribution in [2.75, 3.05) is 20.3 Å². The van der Waals surface area contributed by atoms with Gasteiger partial charge in [0.15, 0.2) is 5.82 Å². The van der Waals surface area contributed by atoms with Crippen molar-refractivity contribution in [3.05, 3.63) is 5.82 Å². The standard InChI is InChI=1S/C9H16F3N5O/c1-7(5-9(10,11)12)17-8(14-15-16-17)6-13-3-4-18-2/h7,13H,3-6H2,1-2H3. The minimum atomic E-state index is -4.23. The molecule has 0 aliphatic heterocycles. The van der Waals surface area contributed by atoms with Gasteiger partial charge in [-0.1, -0.05) is 0 Å². The molecule has 0 saturated heterocycles. The van der Waals surface area contributed by atoms with Gasteiger partial charge in [-0.15, -0.1) is 5.10 Å². The van der Waals surface area contributed by atoms with E-state index in [-0.39, 0.29) is 0 Å². The summed E-state index contributed by atoms with van der Waals surface area (Å²) in [5.41, 5.74) is 0. The van der Waals surface area contributed by atoms with Crippen molar-refractivity contribution in [2.24, 2.45) is 0 Å². The summed E-state index contributed by atoms with van der Waals surface area (Å²) in [6, 6.07) is -0.820. The van der Waals surface area contributed by atoms with Crippen LogP contribution in [0, 0.1) is 0 Å². The molecular formula is C9H16F3N5O. The highest BCUT2D eigenvalue weighted by molar-refractivity contribution is 4.83. The Bertz CT molecular complexity index is 354. The average molecular weight is 267 g/mol.